The number of ketones is 1. The number of hydrogen-bond acceptors (Lipinski definition) is 2. The Morgan fingerprint density at radius 3 is 2.94 bits per heavy atom. The number of Topliss-reactive ketones (excluding diaryl/α,β-unsaturated/α-hetero) is 1. The zero-order valence-electron chi connectivity index (χ0n) is 9.25. The second kappa shape index (κ2) is 4.06. The molecule has 0 amide bonds. The number of carbonyl (C=O) groups is 1. The van der Waals surface area contributed by atoms with Crippen LogP contribution in [-0.4, -0.2) is 23.9 Å². The Labute approximate surface area is 92.9 Å². The van der Waals surface area contributed by atoms with Crippen molar-refractivity contribution in [2.24, 2.45) is 7.05 Å². The van der Waals surface area contributed by atoms with Gasteiger partial charge in [0.1, 0.15) is 5.82 Å². The highest BCUT2D eigenvalue weighted by atomic mass is 19.1. The van der Waals surface area contributed by atoms with Gasteiger partial charge in [0.15, 0.2) is 5.78 Å². The van der Waals surface area contributed by atoms with Gasteiger partial charge in [-0.3, -0.25) is 4.79 Å². The summed E-state index contributed by atoms with van der Waals surface area (Å²) < 4.78 is 15.5. The van der Waals surface area contributed by atoms with Crippen molar-refractivity contribution in [1.82, 2.24) is 9.88 Å². The molecule has 1 aromatic carbocycles. The molecule has 0 atom stereocenters. The number of aryl methyl sites for hydroxylation is 1. The van der Waals surface area contributed by atoms with Crippen LogP contribution in [0.1, 0.15) is 10.4 Å². The van der Waals surface area contributed by atoms with Crippen molar-refractivity contribution in [2.75, 3.05) is 13.6 Å². The molecule has 0 unspecified atom stereocenters. The first-order chi connectivity index (χ1) is 7.63. The minimum absolute atomic E-state index is 0.142. The van der Waals surface area contributed by atoms with Crippen molar-refractivity contribution in [1.29, 1.82) is 0 Å². The SMILES string of the molecule is CNCC(=O)c1cc2c(ccn2C)cc1F. The van der Waals surface area contributed by atoms with Gasteiger partial charge in [0.05, 0.1) is 12.1 Å². The van der Waals surface area contributed by atoms with Crippen molar-refractivity contribution in [3.05, 3.63) is 35.8 Å². The fraction of sp³-hybridized carbons (Fsp3) is 0.250. The van der Waals surface area contributed by atoms with Crippen molar-refractivity contribution >= 4 is 16.7 Å². The first-order valence-electron chi connectivity index (χ1n) is 5.06. The summed E-state index contributed by atoms with van der Waals surface area (Å²) in [5, 5.41) is 3.53. The lowest BCUT2D eigenvalue weighted by Gasteiger charge is -2.04. The third kappa shape index (κ3) is 1.72. The first kappa shape index (κ1) is 10.8. The van der Waals surface area contributed by atoms with Gasteiger partial charge in [-0.1, -0.05) is 0 Å². The second-order valence-electron chi connectivity index (χ2n) is 3.77. The van der Waals surface area contributed by atoms with Crippen LogP contribution in [0.5, 0.6) is 0 Å². The number of hydrogen-bond donors (Lipinski definition) is 1. The van der Waals surface area contributed by atoms with E-state index in [0.29, 0.717) is 0 Å². The number of carbonyl (C=O) groups excluding carboxylic acids is 1. The Bertz CT molecular complexity index is 545. The molecule has 4 heteroatoms. The molecule has 0 aliphatic rings. The van der Waals surface area contributed by atoms with Gasteiger partial charge < -0.3 is 9.88 Å². The van der Waals surface area contributed by atoms with Crippen LogP contribution in [0.3, 0.4) is 0 Å². The highest BCUT2D eigenvalue weighted by Crippen LogP contribution is 2.20. The maximum atomic E-state index is 13.6. The first-order valence-corrected chi connectivity index (χ1v) is 5.06. The van der Waals surface area contributed by atoms with Crippen LogP contribution in [-0.2, 0) is 7.05 Å². The molecule has 0 saturated carbocycles. The van der Waals surface area contributed by atoms with E-state index in [-0.39, 0.29) is 17.9 Å². The predicted molar refractivity (Wildman–Crippen MR) is 61.1 cm³/mol. The van der Waals surface area contributed by atoms with E-state index in [1.165, 1.54) is 6.07 Å². The Morgan fingerprint density at radius 2 is 2.25 bits per heavy atom. The van der Waals surface area contributed by atoms with E-state index >= 15 is 0 Å². The molecule has 84 valence electrons. The topological polar surface area (TPSA) is 34.0 Å². The van der Waals surface area contributed by atoms with Crippen LogP contribution in [0, 0.1) is 5.82 Å². The number of fused-ring (bicyclic) bond motifs is 1. The quantitative estimate of drug-likeness (QED) is 0.799. The van der Waals surface area contributed by atoms with Gasteiger partial charge >= 0.3 is 0 Å². The number of nitrogens with zero attached hydrogens (tertiary/aromatic N) is 1. The van der Waals surface area contributed by atoms with Gasteiger partial charge in [0.25, 0.3) is 0 Å². The van der Waals surface area contributed by atoms with Gasteiger partial charge in [-0.05, 0) is 25.2 Å². The summed E-state index contributed by atoms with van der Waals surface area (Å²) in [6.45, 7) is 0.146. The second-order valence-corrected chi connectivity index (χ2v) is 3.77. The van der Waals surface area contributed by atoms with Crippen LogP contribution in [0.25, 0.3) is 10.9 Å². The lowest BCUT2D eigenvalue weighted by Crippen LogP contribution is -2.19. The van der Waals surface area contributed by atoms with Crippen molar-refractivity contribution in [3.63, 3.8) is 0 Å². The van der Waals surface area contributed by atoms with Crippen LogP contribution >= 0.6 is 0 Å². The zero-order chi connectivity index (χ0) is 11.7. The molecule has 0 radical (unpaired) electrons. The van der Waals surface area contributed by atoms with Gasteiger partial charge in [-0.2, -0.15) is 0 Å². The molecule has 0 saturated heterocycles. The maximum absolute atomic E-state index is 13.6. The lowest BCUT2D eigenvalue weighted by atomic mass is 10.1. The fourth-order valence-corrected chi connectivity index (χ4v) is 1.76. The summed E-state index contributed by atoms with van der Waals surface area (Å²) >= 11 is 0. The van der Waals surface area contributed by atoms with E-state index < -0.39 is 5.82 Å². The number of halogens is 1. The summed E-state index contributed by atoms with van der Waals surface area (Å²) in [5.74, 6) is -0.693. The summed E-state index contributed by atoms with van der Waals surface area (Å²) in [4.78, 5) is 11.6. The molecule has 0 aliphatic heterocycles. The Morgan fingerprint density at radius 1 is 1.50 bits per heavy atom. The van der Waals surface area contributed by atoms with Gasteiger partial charge in [-0.25, -0.2) is 4.39 Å². The maximum Gasteiger partial charge on any atom is 0.179 e. The standard InChI is InChI=1S/C12H13FN2O/c1-14-7-12(16)9-6-11-8(5-10(9)13)3-4-15(11)2/h3-6,14H,7H2,1-2H3. The third-order valence-corrected chi connectivity index (χ3v) is 2.61. The average molecular weight is 220 g/mol. The summed E-state index contributed by atoms with van der Waals surface area (Å²) in [6.07, 6.45) is 1.84. The van der Waals surface area contributed by atoms with Crippen LogP contribution in [0.15, 0.2) is 24.4 Å². The molecule has 1 aromatic heterocycles. The molecule has 0 fully saturated rings. The van der Waals surface area contributed by atoms with E-state index in [9.17, 15) is 9.18 Å². The average Bonchev–Trinajstić information content (AvgIpc) is 2.59. The summed E-state index contributed by atoms with van der Waals surface area (Å²) in [6, 6.07) is 4.83. The van der Waals surface area contributed by atoms with Gasteiger partial charge in [-0.15, -0.1) is 0 Å². The molecule has 1 heterocycles. The molecule has 2 rings (SSSR count). The van der Waals surface area contributed by atoms with E-state index in [4.69, 9.17) is 0 Å². The highest BCUT2D eigenvalue weighted by Gasteiger charge is 2.13. The number of aromatic nitrogens is 1. The Balaban J connectivity index is 2.56. The molecule has 2 aromatic rings. The van der Waals surface area contributed by atoms with Crippen LogP contribution in [0.4, 0.5) is 4.39 Å². The minimum Gasteiger partial charge on any atom is -0.351 e. The van der Waals surface area contributed by atoms with E-state index in [1.54, 1.807) is 13.1 Å². The minimum atomic E-state index is -0.459. The fourth-order valence-electron chi connectivity index (χ4n) is 1.76. The molecular weight excluding hydrogens is 207 g/mol. The third-order valence-electron chi connectivity index (χ3n) is 2.61. The van der Waals surface area contributed by atoms with Crippen LogP contribution < -0.4 is 5.32 Å². The number of benzene rings is 1. The molecular formula is C12H13FN2O. The summed E-state index contributed by atoms with van der Waals surface area (Å²) in [7, 11) is 3.53. The van der Waals surface area contributed by atoms with Crippen molar-refractivity contribution in [3.8, 4) is 0 Å². The zero-order valence-corrected chi connectivity index (χ0v) is 9.25. The molecule has 1 N–H and O–H groups in total. The summed E-state index contributed by atoms with van der Waals surface area (Å²) in [5.41, 5.74) is 1.00. The Kier molecular flexibility index (Phi) is 2.75. The number of nitrogens with one attached hydrogen (secondary N) is 1. The van der Waals surface area contributed by atoms with E-state index in [1.807, 2.05) is 23.9 Å². The van der Waals surface area contributed by atoms with Crippen molar-refractivity contribution < 1.29 is 9.18 Å². The van der Waals surface area contributed by atoms with Gasteiger partial charge in [0, 0.05) is 24.1 Å². The molecule has 0 aliphatic carbocycles. The molecule has 0 spiro atoms. The predicted octanol–water partition coefficient (Wildman–Crippen LogP) is 1.72. The van der Waals surface area contributed by atoms with E-state index in [0.717, 1.165) is 10.9 Å². The molecule has 0 bridgehead atoms. The van der Waals surface area contributed by atoms with E-state index in [2.05, 4.69) is 5.32 Å². The smallest absolute Gasteiger partial charge is 0.179 e. The largest absolute Gasteiger partial charge is 0.351 e. The number of rotatable bonds is 3. The monoisotopic (exact) mass is 220 g/mol. The van der Waals surface area contributed by atoms with Gasteiger partial charge in [0.2, 0.25) is 0 Å². The molecule has 3 nitrogen and oxygen atoms in total. The van der Waals surface area contributed by atoms with Crippen molar-refractivity contribution in [2.45, 2.75) is 0 Å². The Hall–Kier alpha value is -1.68. The normalized spacial score (nSPS) is 10.9. The number of likely N-dealkylation sites (N-methyl/N-ethyl adjacent to an activating group) is 1. The molecule has 16 heavy (non-hydrogen) atoms. The highest BCUT2D eigenvalue weighted by molar-refractivity contribution is 6.01. The lowest BCUT2D eigenvalue weighted by molar-refractivity contribution is 0.0990. The van der Waals surface area contributed by atoms with Crippen LogP contribution in [0.2, 0.25) is 0 Å².